The number of benzene rings is 1. The molecule has 0 unspecified atom stereocenters. The van der Waals surface area contributed by atoms with Crippen LogP contribution < -0.4 is 0 Å². The predicted octanol–water partition coefficient (Wildman–Crippen LogP) is 3.57. The van der Waals surface area contributed by atoms with E-state index in [0.29, 0.717) is 17.3 Å². The summed E-state index contributed by atoms with van der Waals surface area (Å²) in [7, 11) is 0. The first-order valence-corrected chi connectivity index (χ1v) is 11.0. The lowest BCUT2D eigenvalue weighted by Gasteiger charge is -2.18. The molecule has 0 radical (unpaired) electrons. The molecule has 0 bridgehead atoms. The van der Waals surface area contributed by atoms with Crippen molar-refractivity contribution in [1.29, 1.82) is 0 Å². The van der Waals surface area contributed by atoms with Gasteiger partial charge in [-0.15, -0.1) is 0 Å². The first-order valence-electron chi connectivity index (χ1n) is 11.0. The quantitative estimate of drug-likeness (QED) is 0.668. The number of imidazole rings is 1. The highest BCUT2D eigenvalue weighted by molar-refractivity contribution is 5.98. The molecule has 1 atom stereocenters. The van der Waals surface area contributed by atoms with Crippen LogP contribution >= 0.6 is 0 Å². The second-order valence-corrected chi connectivity index (χ2v) is 8.80. The minimum atomic E-state index is 0.0161. The van der Waals surface area contributed by atoms with E-state index in [4.69, 9.17) is 0 Å². The van der Waals surface area contributed by atoms with Gasteiger partial charge in [-0.2, -0.15) is 0 Å². The van der Waals surface area contributed by atoms with Gasteiger partial charge in [0.2, 0.25) is 0 Å². The summed E-state index contributed by atoms with van der Waals surface area (Å²) in [5, 5.41) is 0. The second kappa shape index (κ2) is 7.84. The fourth-order valence-electron chi connectivity index (χ4n) is 4.85. The van der Waals surface area contributed by atoms with Crippen LogP contribution in [0.1, 0.15) is 58.1 Å². The van der Waals surface area contributed by atoms with Crippen molar-refractivity contribution < 1.29 is 4.79 Å². The van der Waals surface area contributed by atoms with Crippen molar-refractivity contribution in [3.63, 3.8) is 0 Å². The van der Waals surface area contributed by atoms with Crippen molar-refractivity contribution in [1.82, 2.24) is 24.2 Å². The molecule has 6 nitrogen and oxygen atoms in total. The van der Waals surface area contributed by atoms with Crippen molar-refractivity contribution in [2.45, 2.75) is 45.6 Å². The number of amides is 1. The summed E-state index contributed by atoms with van der Waals surface area (Å²) >= 11 is 0. The van der Waals surface area contributed by atoms with Gasteiger partial charge in [0, 0.05) is 44.0 Å². The van der Waals surface area contributed by atoms with Gasteiger partial charge in [0.15, 0.2) is 11.3 Å². The van der Waals surface area contributed by atoms with Gasteiger partial charge in [0.1, 0.15) is 6.33 Å². The van der Waals surface area contributed by atoms with Crippen LogP contribution in [-0.4, -0.2) is 56.3 Å². The fourth-order valence-corrected chi connectivity index (χ4v) is 4.85. The van der Waals surface area contributed by atoms with Crippen LogP contribution in [0.3, 0.4) is 0 Å². The number of aromatic nitrogens is 3. The molecule has 156 valence electrons. The molecule has 2 aromatic heterocycles. The highest BCUT2D eigenvalue weighted by Gasteiger charge is 2.28. The van der Waals surface area contributed by atoms with E-state index >= 15 is 0 Å². The molecule has 1 aromatic carbocycles. The minimum Gasteiger partial charge on any atom is -0.337 e. The van der Waals surface area contributed by atoms with E-state index in [0.717, 1.165) is 52.0 Å². The lowest BCUT2D eigenvalue weighted by atomic mass is 10.0. The van der Waals surface area contributed by atoms with E-state index in [1.54, 1.807) is 6.33 Å². The summed E-state index contributed by atoms with van der Waals surface area (Å²) < 4.78 is 2.04. The molecule has 0 N–H and O–H groups in total. The van der Waals surface area contributed by atoms with Gasteiger partial charge in [-0.05, 0) is 62.4 Å². The molecule has 0 saturated carbocycles. The summed E-state index contributed by atoms with van der Waals surface area (Å²) in [4.78, 5) is 26.3. The van der Waals surface area contributed by atoms with Gasteiger partial charge < -0.3 is 4.90 Å². The van der Waals surface area contributed by atoms with E-state index in [1.807, 2.05) is 15.5 Å². The average Bonchev–Trinajstić information content (AvgIpc) is 3.50. The molecule has 1 amide bonds. The third kappa shape index (κ3) is 3.49. The number of carbonyl (C=O) groups is 1. The van der Waals surface area contributed by atoms with Crippen LogP contribution in [0.4, 0.5) is 0 Å². The average molecular weight is 404 g/mol. The van der Waals surface area contributed by atoms with Crippen molar-refractivity contribution in [2.24, 2.45) is 0 Å². The third-order valence-electron chi connectivity index (χ3n) is 6.73. The van der Waals surface area contributed by atoms with Gasteiger partial charge in [-0.1, -0.05) is 18.2 Å². The molecule has 2 fully saturated rings. The minimum absolute atomic E-state index is 0.0161. The molecule has 2 aliphatic rings. The number of fused-ring (bicyclic) bond motifs is 1. The van der Waals surface area contributed by atoms with Crippen LogP contribution in [-0.2, 0) is 6.54 Å². The third-order valence-corrected chi connectivity index (χ3v) is 6.73. The maximum atomic E-state index is 12.9. The van der Waals surface area contributed by atoms with E-state index in [9.17, 15) is 4.79 Å². The normalized spacial score (nSPS) is 19.8. The van der Waals surface area contributed by atoms with Gasteiger partial charge in [-0.3, -0.25) is 14.1 Å². The first-order chi connectivity index (χ1) is 14.6. The van der Waals surface area contributed by atoms with Crippen LogP contribution in [0.2, 0.25) is 0 Å². The molecule has 6 heteroatoms. The Hall–Kier alpha value is -2.73. The molecule has 0 aliphatic carbocycles. The molecular weight excluding hydrogens is 374 g/mol. The second-order valence-electron chi connectivity index (χ2n) is 8.80. The van der Waals surface area contributed by atoms with Crippen LogP contribution in [0.15, 0.2) is 36.8 Å². The number of likely N-dealkylation sites (tertiary alicyclic amines) is 2. The zero-order chi connectivity index (χ0) is 20.7. The molecule has 2 saturated heterocycles. The Morgan fingerprint density at radius 3 is 2.70 bits per heavy atom. The van der Waals surface area contributed by atoms with E-state index in [2.05, 4.69) is 53.0 Å². The van der Waals surface area contributed by atoms with Gasteiger partial charge in [0.05, 0.1) is 0 Å². The first kappa shape index (κ1) is 19.2. The number of nitrogens with zero attached hydrogens (tertiary/aromatic N) is 5. The lowest BCUT2D eigenvalue weighted by Crippen LogP contribution is -2.28. The molecule has 3 aromatic rings. The summed E-state index contributed by atoms with van der Waals surface area (Å²) in [6.07, 6.45) is 6.88. The van der Waals surface area contributed by atoms with Crippen molar-refractivity contribution in [3.8, 4) is 0 Å². The Morgan fingerprint density at radius 2 is 1.90 bits per heavy atom. The number of carbonyl (C=O) groups excluding carboxylic acids is 1. The smallest absolute Gasteiger partial charge is 0.276 e. The SMILES string of the molecule is Cc1ccc(CN2CC[C@H](c3ccnc4c(C(=O)N5CCCC5)ncn34)C2)cc1C. The van der Waals surface area contributed by atoms with Crippen molar-refractivity contribution in [2.75, 3.05) is 26.2 Å². The lowest BCUT2D eigenvalue weighted by molar-refractivity contribution is 0.0789. The number of aryl methyl sites for hydroxylation is 2. The van der Waals surface area contributed by atoms with Crippen LogP contribution in [0.25, 0.3) is 5.65 Å². The topological polar surface area (TPSA) is 53.7 Å². The molecule has 2 aliphatic heterocycles. The molecule has 4 heterocycles. The summed E-state index contributed by atoms with van der Waals surface area (Å²) in [5.41, 5.74) is 6.46. The molecule has 5 rings (SSSR count). The van der Waals surface area contributed by atoms with Gasteiger partial charge in [0.25, 0.3) is 5.91 Å². The van der Waals surface area contributed by atoms with Crippen LogP contribution in [0.5, 0.6) is 0 Å². The van der Waals surface area contributed by atoms with Crippen molar-refractivity contribution >= 4 is 11.6 Å². The summed E-state index contributed by atoms with van der Waals surface area (Å²) in [6.45, 7) is 9.07. The zero-order valence-corrected chi connectivity index (χ0v) is 17.8. The Kier molecular flexibility index (Phi) is 5.03. The van der Waals surface area contributed by atoms with E-state index < -0.39 is 0 Å². The Bertz CT molecular complexity index is 1080. The van der Waals surface area contributed by atoms with Crippen molar-refractivity contribution in [3.05, 3.63) is 64.9 Å². The van der Waals surface area contributed by atoms with Crippen LogP contribution in [0, 0.1) is 13.8 Å². The highest BCUT2D eigenvalue weighted by atomic mass is 16.2. The predicted molar refractivity (Wildman–Crippen MR) is 117 cm³/mol. The Balaban J connectivity index is 1.35. The highest BCUT2D eigenvalue weighted by Crippen LogP contribution is 2.29. The zero-order valence-electron chi connectivity index (χ0n) is 17.8. The maximum Gasteiger partial charge on any atom is 0.276 e. The fraction of sp³-hybridized carbons (Fsp3) is 0.458. The summed E-state index contributed by atoms with van der Waals surface area (Å²) in [5.74, 6) is 0.438. The number of hydrogen-bond acceptors (Lipinski definition) is 4. The van der Waals surface area contributed by atoms with Gasteiger partial charge in [-0.25, -0.2) is 9.97 Å². The number of rotatable bonds is 4. The standard InChI is InChI=1S/C24H29N5O/c1-17-5-6-19(13-18(17)2)14-27-12-8-20(15-27)21-7-9-25-23-22(26-16-29(21)23)24(30)28-10-3-4-11-28/h5-7,9,13,16,20H,3-4,8,10-12,14-15H2,1-2H3/t20-/m0/s1. The molecule has 0 spiro atoms. The Morgan fingerprint density at radius 1 is 1.07 bits per heavy atom. The van der Waals surface area contributed by atoms with Gasteiger partial charge >= 0.3 is 0 Å². The van der Waals surface area contributed by atoms with E-state index in [1.165, 1.54) is 22.4 Å². The Labute approximate surface area is 177 Å². The number of hydrogen-bond donors (Lipinski definition) is 0. The monoisotopic (exact) mass is 403 g/mol. The molecule has 30 heavy (non-hydrogen) atoms. The van der Waals surface area contributed by atoms with E-state index in [-0.39, 0.29) is 5.91 Å². The largest absolute Gasteiger partial charge is 0.337 e. The summed E-state index contributed by atoms with van der Waals surface area (Å²) in [6, 6.07) is 8.85. The molecular formula is C24H29N5O. The maximum absolute atomic E-state index is 12.9.